The van der Waals surface area contributed by atoms with Gasteiger partial charge in [0, 0.05) is 25.7 Å². The Hall–Kier alpha value is -0.160. The zero-order chi connectivity index (χ0) is 11.6. The highest BCUT2D eigenvalue weighted by atomic mass is 16.5. The molecule has 1 fully saturated rings. The zero-order valence-electron chi connectivity index (χ0n) is 10.6. The molecule has 3 N–H and O–H groups in total. The van der Waals surface area contributed by atoms with Gasteiger partial charge in [0.05, 0.1) is 13.2 Å². The molecule has 0 aliphatic carbocycles. The highest BCUT2D eigenvalue weighted by molar-refractivity contribution is 4.77. The summed E-state index contributed by atoms with van der Waals surface area (Å²) in [6.45, 7) is 8.75. The molecular formula is C12H27N3O. The molecule has 1 rings (SSSR count). The first-order chi connectivity index (χ1) is 7.88. The Morgan fingerprint density at radius 1 is 1.38 bits per heavy atom. The summed E-state index contributed by atoms with van der Waals surface area (Å²) in [4.78, 5) is 2.48. The van der Waals surface area contributed by atoms with Crippen LogP contribution in [0.25, 0.3) is 0 Å². The van der Waals surface area contributed by atoms with Gasteiger partial charge in [0.2, 0.25) is 0 Å². The Balaban J connectivity index is 2.02. The number of nitrogens with two attached hydrogens (primary N) is 1. The first-order valence-corrected chi connectivity index (χ1v) is 6.61. The van der Waals surface area contributed by atoms with Gasteiger partial charge in [-0.3, -0.25) is 4.90 Å². The molecule has 1 atom stereocenters. The Bertz CT molecular complexity index is 166. The predicted molar refractivity (Wildman–Crippen MR) is 67.6 cm³/mol. The van der Waals surface area contributed by atoms with E-state index >= 15 is 0 Å². The van der Waals surface area contributed by atoms with E-state index in [2.05, 4.69) is 17.1 Å². The Labute approximate surface area is 99.5 Å². The van der Waals surface area contributed by atoms with E-state index in [9.17, 15) is 0 Å². The van der Waals surface area contributed by atoms with Gasteiger partial charge in [0.25, 0.3) is 0 Å². The fourth-order valence-electron chi connectivity index (χ4n) is 2.23. The third-order valence-corrected chi connectivity index (χ3v) is 3.22. The monoisotopic (exact) mass is 229 g/mol. The van der Waals surface area contributed by atoms with Crippen molar-refractivity contribution in [1.82, 2.24) is 10.2 Å². The fourth-order valence-corrected chi connectivity index (χ4v) is 2.23. The quantitative estimate of drug-likeness (QED) is 0.593. The topological polar surface area (TPSA) is 50.5 Å². The molecule has 0 radical (unpaired) electrons. The maximum absolute atomic E-state index is 5.77. The van der Waals surface area contributed by atoms with E-state index in [4.69, 9.17) is 10.5 Å². The number of likely N-dealkylation sites (tertiary alicyclic amines) is 1. The molecule has 1 aliphatic heterocycles. The molecule has 4 nitrogen and oxygen atoms in total. The molecule has 16 heavy (non-hydrogen) atoms. The van der Waals surface area contributed by atoms with Crippen molar-refractivity contribution >= 4 is 0 Å². The number of hydrogen-bond acceptors (Lipinski definition) is 4. The molecular weight excluding hydrogens is 202 g/mol. The van der Waals surface area contributed by atoms with Crippen LogP contribution in [0.4, 0.5) is 0 Å². The standard InChI is InChI=1S/C12H27N3O/c1-2-14-6-9-16-10-8-15-7-4-3-5-12(15)11-13/h12,14H,2-11,13H2,1H3. The predicted octanol–water partition coefficient (Wildman–Crippen LogP) is 0.426. The molecule has 1 aliphatic rings. The van der Waals surface area contributed by atoms with Crippen molar-refractivity contribution in [3.05, 3.63) is 0 Å². The van der Waals surface area contributed by atoms with Crippen LogP contribution in [0.5, 0.6) is 0 Å². The number of hydrogen-bond donors (Lipinski definition) is 2. The van der Waals surface area contributed by atoms with Crippen molar-refractivity contribution in [2.75, 3.05) is 45.9 Å². The molecule has 0 aromatic carbocycles. The van der Waals surface area contributed by atoms with Crippen LogP contribution < -0.4 is 11.1 Å². The number of piperidine rings is 1. The summed E-state index contributed by atoms with van der Waals surface area (Å²) in [5, 5.41) is 3.25. The van der Waals surface area contributed by atoms with Crippen LogP contribution in [-0.2, 0) is 4.74 Å². The molecule has 0 saturated carbocycles. The van der Waals surface area contributed by atoms with Crippen LogP contribution in [0.1, 0.15) is 26.2 Å². The van der Waals surface area contributed by atoms with E-state index in [0.29, 0.717) is 6.04 Å². The minimum Gasteiger partial charge on any atom is -0.379 e. The molecule has 0 aromatic heterocycles. The average Bonchev–Trinajstić information content (AvgIpc) is 2.34. The Kier molecular flexibility index (Phi) is 7.76. The highest BCUT2D eigenvalue weighted by Crippen LogP contribution is 2.15. The molecule has 1 saturated heterocycles. The number of ether oxygens (including phenoxy) is 1. The molecule has 0 aromatic rings. The summed E-state index contributed by atoms with van der Waals surface area (Å²) in [6, 6.07) is 0.589. The van der Waals surface area contributed by atoms with Crippen LogP contribution in [0.15, 0.2) is 0 Å². The van der Waals surface area contributed by atoms with Gasteiger partial charge in [-0.1, -0.05) is 13.3 Å². The van der Waals surface area contributed by atoms with Crippen molar-refractivity contribution in [3.63, 3.8) is 0 Å². The van der Waals surface area contributed by atoms with Crippen LogP contribution in [0.3, 0.4) is 0 Å². The molecule has 4 heteroatoms. The molecule has 96 valence electrons. The third kappa shape index (κ3) is 5.25. The van der Waals surface area contributed by atoms with Crippen LogP contribution in [-0.4, -0.2) is 56.9 Å². The minimum absolute atomic E-state index is 0.589. The van der Waals surface area contributed by atoms with Gasteiger partial charge < -0.3 is 15.8 Å². The molecule has 0 spiro atoms. The number of nitrogens with zero attached hydrogens (tertiary/aromatic N) is 1. The summed E-state index contributed by atoms with van der Waals surface area (Å²) in [5.74, 6) is 0. The van der Waals surface area contributed by atoms with Crippen molar-refractivity contribution in [2.45, 2.75) is 32.2 Å². The lowest BCUT2D eigenvalue weighted by molar-refractivity contribution is 0.0752. The minimum atomic E-state index is 0.589. The van der Waals surface area contributed by atoms with Crippen LogP contribution in [0.2, 0.25) is 0 Å². The first-order valence-electron chi connectivity index (χ1n) is 6.61. The second-order valence-corrected chi connectivity index (χ2v) is 4.39. The highest BCUT2D eigenvalue weighted by Gasteiger charge is 2.20. The number of rotatable bonds is 8. The normalized spacial score (nSPS) is 22.5. The van der Waals surface area contributed by atoms with Crippen LogP contribution in [0, 0.1) is 0 Å². The van der Waals surface area contributed by atoms with Gasteiger partial charge in [-0.15, -0.1) is 0 Å². The van der Waals surface area contributed by atoms with Gasteiger partial charge in [-0.25, -0.2) is 0 Å². The fraction of sp³-hybridized carbons (Fsp3) is 1.00. The van der Waals surface area contributed by atoms with Crippen molar-refractivity contribution in [3.8, 4) is 0 Å². The van der Waals surface area contributed by atoms with E-state index in [-0.39, 0.29) is 0 Å². The van der Waals surface area contributed by atoms with E-state index in [1.54, 1.807) is 0 Å². The maximum atomic E-state index is 5.77. The lowest BCUT2D eigenvalue weighted by atomic mass is 10.0. The molecule has 0 bridgehead atoms. The van der Waals surface area contributed by atoms with Crippen molar-refractivity contribution < 1.29 is 4.74 Å². The maximum Gasteiger partial charge on any atom is 0.0594 e. The number of nitrogens with one attached hydrogen (secondary N) is 1. The van der Waals surface area contributed by atoms with Crippen molar-refractivity contribution in [2.24, 2.45) is 5.73 Å². The lowest BCUT2D eigenvalue weighted by Gasteiger charge is -2.34. The smallest absolute Gasteiger partial charge is 0.0594 e. The summed E-state index contributed by atoms with van der Waals surface area (Å²) in [7, 11) is 0. The van der Waals surface area contributed by atoms with Gasteiger partial charge in [0.1, 0.15) is 0 Å². The lowest BCUT2D eigenvalue weighted by Crippen LogP contribution is -2.45. The largest absolute Gasteiger partial charge is 0.379 e. The molecule has 1 unspecified atom stereocenters. The summed E-state index contributed by atoms with van der Waals surface area (Å²) >= 11 is 0. The van der Waals surface area contributed by atoms with Crippen LogP contribution >= 0.6 is 0 Å². The Morgan fingerprint density at radius 3 is 3.00 bits per heavy atom. The van der Waals surface area contributed by atoms with E-state index < -0.39 is 0 Å². The summed E-state index contributed by atoms with van der Waals surface area (Å²) in [5.41, 5.74) is 5.77. The average molecular weight is 229 g/mol. The van der Waals surface area contributed by atoms with Gasteiger partial charge in [-0.05, 0) is 25.9 Å². The van der Waals surface area contributed by atoms with Gasteiger partial charge in [0.15, 0.2) is 0 Å². The van der Waals surface area contributed by atoms with Gasteiger partial charge in [-0.2, -0.15) is 0 Å². The molecule has 1 heterocycles. The first kappa shape index (κ1) is 13.9. The molecule has 0 amide bonds. The van der Waals surface area contributed by atoms with E-state index in [1.165, 1.54) is 25.8 Å². The summed E-state index contributed by atoms with van der Waals surface area (Å²) < 4.78 is 5.59. The number of likely N-dealkylation sites (N-methyl/N-ethyl adjacent to an activating group) is 1. The van der Waals surface area contributed by atoms with E-state index in [0.717, 1.165) is 39.4 Å². The third-order valence-electron chi connectivity index (χ3n) is 3.22. The van der Waals surface area contributed by atoms with E-state index in [1.807, 2.05) is 0 Å². The second kappa shape index (κ2) is 8.93. The zero-order valence-corrected chi connectivity index (χ0v) is 10.6. The van der Waals surface area contributed by atoms with Gasteiger partial charge >= 0.3 is 0 Å². The van der Waals surface area contributed by atoms with Crippen molar-refractivity contribution in [1.29, 1.82) is 0 Å². The second-order valence-electron chi connectivity index (χ2n) is 4.39. The SMILES string of the molecule is CCNCCOCCN1CCCCC1CN. The summed E-state index contributed by atoms with van der Waals surface area (Å²) in [6.07, 6.45) is 3.90. The Morgan fingerprint density at radius 2 is 2.25 bits per heavy atom.